The molecule has 20 heavy (non-hydrogen) atoms. The topological polar surface area (TPSA) is 29.5 Å². The van der Waals surface area contributed by atoms with E-state index in [1.807, 2.05) is 32.8 Å². The minimum atomic E-state index is -2.85. The lowest BCUT2D eigenvalue weighted by molar-refractivity contribution is -0.0498. The van der Waals surface area contributed by atoms with E-state index in [9.17, 15) is 13.6 Å². The number of rotatable bonds is 7. The molecule has 5 heteroatoms. The van der Waals surface area contributed by atoms with Crippen LogP contribution >= 0.6 is 0 Å². The van der Waals surface area contributed by atoms with Crippen LogP contribution in [0.1, 0.15) is 24.2 Å². The molecule has 0 saturated heterocycles. The highest BCUT2D eigenvalue weighted by molar-refractivity contribution is 5.98. The van der Waals surface area contributed by atoms with Crippen LogP contribution in [0.4, 0.5) is 8.78 Å². The van der Waals surface area contributed by atoms with E-state index in [0.717, 1.165) is 0 Å². The SMILES string of the molecule is CC(C)C(CN(C)C)C(=O)c1ccc(OC(F)F)cc1. The lowest BCUT2D eigenvalue weighted by atomic mass is 9.87. The van der Waals surface area contributed by atoms with Gasteiger partial charge < -0.3 is 9.64 Å². The average Bonchev–Trinajstić information content (AvgIpc) is 2.35. The Balaban J connectivity index is 2.84. The van der Waals surface area contributed by atoms with E-state index < -0.39 is 6.61 Å². The predicted molar refractivity (Wildman–Crippen MR) is 74.3 cm³/mol. The third-order valence-corrected chi connectivity index (χ3v) is 3.07. The fraction of sp³-hybridized carbons (Fsp3) is 0.533. The van der Waals surface area contributed by atoms with Crippen molar-refractivity contribution in [2.45, 2.75) is 20.5 Å². The van der Waals surface area contributed by atoms with Crippen LogP contribution in [0, 0.1) is 11.8 Å². The number of carbonyl (C=O) groups is 1. The number of hydrogen-bond donors (Lipinski definition) is 0. The first-order chi connectivity index (χ1) is 9.31. The van der Waals surface area contributed by atoms with Gasteiger partial charge in [0.2, 0.25) is 0 Å². The number of nitrogens with zero attached hydrogens (tertiary/aromatic N) is 1. The van der Waals surface area contributed by atoms with Gasteiger partial charge >= 0.3 is 6.61 Å². The molecule has 0 radical (unpaired) electrons. The number of Topliss-reactive ketones (excluding diaryl/α,β-unsaturated/α-hetero) is 1. The van der Waals surface area contributed by atoms with Gasteiger partial charge in [-0.15, -0.1) is 0 Å². The standard InChI is InChI=1S/C15H21F2NO2/c1-10(2)13(9-18(3)4)14(19)11-5-7-12(8-6-11)20-15(16)17/h5-8,10,13,15H,9H2,1-4H3. The maximum Gasteiger partial charge on any atom is 0.387 e. The van der Waals surface area contributed by atoms with Gasteiger partial charge in [0, 0.05) is 18.0 Å². The fourth-order valence-electron chi connectivity index (χ4n) is 2.00. The van der Waals surface area contributed by atoms with Gasteiger partial charge in [-0.05, 0) is 44.3 Å². The molecule has 1 rings (SSSR count). The highest BCUT2D eigenvalue weighted by atomic mass is 19.3. The summed E-state index contributed by atoms with van der Waals surface area (Å²) < 4.78 is 28.4. The van der Waals surface area contributed by atoms with E-state index >= 15 is 0 Å². The predicted octanol–water partition coefficient (Wildman–Crippen LogP) is 3.30. The molecule has 0 aliphatic heterocycles. The normalized spacial score (nSPS) is 13.1. The van der Waals surface area contributed by atoms with E-state index in [4.69, 9.17) is 0 Å². The number of halogens is 2. The molecule has 1 aromatic rings. The van der Waals surface area contributed by atoms with Crippen LogP contribution in [0.15, 0.2) is 24.3 Å². The molecule has 1 aromatic carbocycles. The summed E-state index contributed by atoms with van der Waals surface area (Å²) in [4.78, 5) is 14.4. The Hall–Kier alpha value is -1.49. The van der Waals surface area contributed by atoms with Gasteiger partial charge in [-0.25, -0.2) is 0 Å². The van der Waals surface area contributed by atoms with Crippen molar-refractivity contribution in [2.75, 3.05) is 20.6 Å². The van der Waals surface area contributed by atoms with Gasteiger partial charge in [-0.3, -0.25) is 4.79 Å². The molecule has 3 nitrogen and oxygen atoms in total. The van der Waals surface area contributed by atoms with Crippen molar-refractivity contribution in [3.05, 3.63) is 29.8 Å². The van der Waals surface area contributed by atoms with Gasteiger partial charge in [-0.1, -0.05) is 13.8 Å². The molecule has 0 aliphatic rings. The molecule has 0 amide bonds. The van der Waals surface area contributed by atoms with Gasteiger partial charge in [0.1, 0.15) is 5.75 Å². The first-order valence-electron chi connectivity index (χ1n) is 6.55. The molecule has 1 atom stereocenters. The van der Waals surface area contributed by atoms with Crippen molar-refractivity contribution in [3.63, 3.8) is 0 Å². The summed E-state index contributed by atoms with van der Waals surface area (Å²) in [5.74, 6) is 0.177. The van der Waals surface area contributed by atoms with E-state index in [-0.39, 0.29) is 23.4 Å². The summed E-state index contributed by atoms with van der Waals surface area (Å²) >= 11 is 0. The molecule has 1 unspecified atom stereocenters. The Morgan fingerprint density at radius 1 is 1.20 bits per heavy atom. The zero-order valence-electron chi connectivity index (χ0n) is 12.3. The lowest BCUT2D eigenvalue weighted by Crippen LogP contribution is -2.31. The number of ether oxygens (including phenoxy) is 1. The van der Waals surface area contributed by atoms with Crippen LogP contribution in [-0.4, -0.2) is 37.9 Å². The zero-order valence-corrected chi connectivity index (χ0v) is 12.3. The summed E-state index contributed by atoms with van der Waals surface area (Å²) in [5.41, 5.74) is 0.521. The summed E-state index contributed by atoms with van der Waals surface area (Å²) in [6.07, 6.45) is 0. The van der Waals surface area contributed by atoms with Crippen molar-refractivity contribution in [2.24, 2.45) is 11.8 Å². The third-order valence-electron chi connectivity index (χ3n) is 3.07. The number of carbonyl (C=O) groups excluding carboxylic acids is 1. The van der Waals surface area contributed by atoms with Crippen LogP contribution in [0.25, 0.3) is 0 Å². The Labute approximate surface area is 118 Å². The molecule has 0 saturated carbocycles. The smallest absolute Gasteiger partial charge is 0.387 e. The number of hydrogen-bond acceptors (Lipinski definition) is 3. The number of alkyl halides is 2. The summed E-state index contributed by atoms with van der Waals surface area (Å²) in [6.45, 7) is 1.81. The van der Waals surface area contributed by atoms with Crippen LogP contribution in [0.5, 0.6) is 5.75 Å². The summed E-state index contributed by atoms with van der Waals surface area (Å²) in [7, 11) is 3.84. The highest BCUT2D eigenvalue weighted by Gasteiger charge is 2.24. The zero-order chi connectivity index (χ0) is 15.3. The quantitative estimate of drug-likeness (QED) is 0.720. The van der Waals surface area contributed by atoms with Crippen molar-refractivity contribution < 1.29 is 18.3 Å². The van der Waals surface area contributed by atoms with Crippen LogP contribution < -0.4 is 4.74 Å². The molecule has 0 N–H and O–H groups in total. The summed E-state index contributed by atoms with van der Waals surface area (Å²) in [6, 6.07) is 5.86. The largest absolute Gasteiger partial charge is 0.435 e. The van der Waals surface area contributed by atoms with Gasteiger partial charge in [0.15, 0.2) is 5.78 Å². The van der Waals surface area contributed by atoms with Crippen LogP contribution in [0.3, 0.4) is 0 Å². The van der Waals surface area contributed by atoms with Crippen molar-refractivity contribution in [1.29, 1.82) is 0 Å². The monoisotopic (exact) mass is 285 g/mol. The van der Waals surface area contributed by atoms with E-state index in [1.165, 1.54) is 24.3 Å². The molecule has 0 aromatic heterocycles. The molecular formula is C15H21F2NO2. The average molecular weight is 285 g/mol. The minimum absolute atomic E-state index is 0.0253. The first-order valence-corrected chi connectivity index (χ1v) is 6.55. The van der Waals surface area contributed by atoms with Crippen LogP contribution in [0.2, 0.25) is 0 Å². The third kappa shape index (κ3) is 4.89. The van der Waals surface area contributed by atoms with Gasteiger partial charge in [0.25, 0.3) is 0 Å². The maximum atomic E-state index is 12.4. The molecule has 0 bridgehead atoms. The molecule has 0 aliphatic carbocycles. The number of ketones is 1. The highest BCUT2D eigenvalue weighted by Crippen LogP contribution is 2.21. The molecule has 112 valence electrons. The van der Waals surface area contributed by atoms with Gasteiger partial charge in [0.05, 0.1) is 0 Å². The number of benzene rings is 1. The van der Waals surface area contributed by atoms with Crippen molar-refractivity contribution >= 4 is 5.78 Å². The van der Waals surface area contributed by atoms with Crippen molar-refractivity contribution in [3.8, 4) is 5.75 Å². The second kappa shape index (κ2) is 7.33. The maximum absolute atomic E-state index is 12.4. The Bertz CT molecular complexity index is 430. The van der Waals surface area contributed by atoms with Crippen LogP contribution in [-0.2, 0) is 0 Å². The molecule has 0 spiro atoms. The fourth-order valence-corrected chi connectivity index (χ4v) is 2.00. The van der Waals surface area contributed by atoms with E-state index in [0.29, 0.717) is 12.1 Å². The molecular weight excluding hydrogens is 264 g/mol. The molecule has 0 fully saturated rings. The Morgan fingerprint density at radius 2 is 1.75 bits per heavy atom. The lowest BCUT2D eigenvalue weighted by Gasteiger charge is -2.23. The molecule has 0 heterocycles. The second-order valence-electron chi connectivity index (χ2n) is 5.38. The summed E-state index contributed by atoms with van der Waals surface area (Å²) in [5, 5.41) is 0. The van der Waals surface area contributed by atoms with Crippen molar-refractivity contribution in [1.82, 2.24) is 4.90 Å². The minimum Gasteiger partial charge on any atom is -0.435 e. The Morgan fingerprint density at radius 3 is 2.15 bits per heavy atom. The Kier molecular flexibility index (Phi) is 6.07. The second-order valence-corrected chi connectivity index (χ2v) is 5.38. The first kappa shape index (κ1) is 16.6. The van der Waals surface area contributed by atoms with E-state index in [1.54, 1.807) is 0 Å². The van der Waals surface area contributed by atoms with Gasteiger partial charge in [-0.2, -0.15) is 8.78 Å². The van der Waals surface area contributed by atoms with E-state index in [2.05, 4.69) is 4.74 Å².